The number of aryl methyl sites for hydroxylation is 1. The van der Waals surface area contributed by atoms with Crippen LogP contribution in [0.4, 0.5) is 0 Å². The van der Waals surface area contributed by atoms with Crippen LogP contribution in [0.3, 0.4) is 0 Å². The molecule has 0 saturated heterocycles. The lowest BCUT2D eigenvalue weighted by molar-refractivity contribution is 0.418. The second kappa shape index (κ2) is 10.0. The predicted octanol–water partition coefficient (Wildman–Crippen LogP) is 11.0. The molecule has 0 aliphatic carbocycles. The summed E-state index contributed by atoms with van der Waals surface area (Å²) in [6.45, 7) is 2.24. The predicted molar refractivity (Wildman–Crippen MR) is 186 cm³/mol. The fourth-order valence-electron chi connectivity index (χ4n) is 7.27. The Hall–Kier alpha value is -5.48. The Morgan fingerprint density at radius 1 is 0.600 bits per heavy atom. The second-order valence-corrected chi connectivity index (χ2v) is 12.0. The molecule has 218 valence electrons. The molecule has 4 nitrogen and oxygen atoms in total. The zero-order valence-corrected chi connectivity index (χ0v) is 25.4. The van der Waals surface area contributed by atoms with Crippen LogP contribution in [0, 0.1) is 0 Å². The van der Waals surface area contributed by atoms with E-state index in [1.807, 2.05) is 12.1 Å². The van der Waals surface area contributed by atoms with E-state index < -0.39 is 0 Å². The SMILES string of the molecule is CCCCc1cc(OC)c2c(c1)c1cc(-c3ccc4c(c3)c3cccc5c3n4-c3ccccc3O5)ccc1n2-c1ccccc1. The number of aromatic nitrogens is 2. The van der Waals surface area contributed by atoms with E-state index in [2.05, 4.69) is 125 Å². The van der Waals surface area contributed by atoms with Crippen LogP contribution in [-0.4, -0.2) is 16.2 Å². The normalized spacial score (nSPS) is 12.2. The van der Waals surface area contributed by atoms with Crippen molar-refractivity contribution < 1.29 is 9.47 Å². The van der Waals surface area contributed by atoms with Crippen LogP contribution in [-0.2, 0) is 6.42 Å². The summed E-state index contributed by atoms with van der Waals surface area (Å²) >= 11 is 0. The quantitative estimate of drug-likeness (QED) is 0.194. The molecule has 0 fully saturated rings. The summed E-state index contributed by atoms with van der Waals surface area (Å²) in [7, 11) is 1.79. The van der Waals surface area contributed by atoms with Gasteiger partial charge in [0.25, 0.3) is 0 Å². The van der Waals surface area contributed by atoms with E-state index in [9.17, 15) is 0 Å². The van der Waals surface area contributed by atoms with Gasteiger partial charge in [0.1, 0.15) is 5.75 Å². The number of rotatable bonds is 6. The van der Waals surface area contributed by atoms with Crippen LogP contribution in [0.25, 0.3) is 66.1 Å². The van der Waals surface area contributed by atoms with Gasteiger partial charge in [0.05, 0.1) is 34.9 Å². The van der Waals surface area contributed by atoms with Crippen molar-refractivity contribution in [3.8, 4) is 39.8 Å². The van der Waals surface area contributed by atoms with Gasteiger partial charge < -0.3 is 18.6 Å². The molecular formula is C41H32N2O2. The van der Waals surface area contributed by atoms with Crippen LogP contribution in [0.2, 0.25) is 0 Å². The smallest absolute Gasteiger partial charge is 0.152 e. The van der Waals surface area contributed by atoms with Gasteiger partial charge >= 0.3 is 0 Å². The molecule has 6 aromatic carbocycles. The zero-order chi connectivity index (χ0) is 30.1. The van der Waals surface area contributed by atoms with E-state index in [-0.39, 0.29) is 0 Å². The van der Waals surface area contributed by atoms with Crippen molar-refractivity contribution in [1.82, 2.24) is 9.13 Å². The number of ether oxygens (including phenoxy) is 2. The molecule has 0 atom stereocenters. The van der Waals surface area contributed by atoms with Crippen molar-refractivity contribution in [1.29, 1.82) is 0 Å². The van der Waals surface area contributed by atoms with Gasteiger partial charge in [0, 0.05) is 27.2 Å². The summed E-state index contributed by atoms with van der Waals surface area (Å²) in [5.74, 6) is 2.69. The number of hydrogen-bond donors (Lipinski definition) is 0. The molecule has 0 bridgehead atoms. The van der Waals surface area contributed by atoms with Gasteiger partial charge in [-0.05, 0) is 96.3 Å². The van der Waals surface area contributed by atoms with Gasteiger partial charge in [-0.15, -0.1) is 0 Å². The molecule has 45 heavy (non-hydrogen) atoms. The standard InChI is InChI=1S/C41H32N2O2/c1-3-4-11-26-22-33-32-25-28(18-20-34(32)42(29-12-6-5-7-13-29)41(33)39(23-26)44-2)27-19-21-35-31(24-27)30-14-10-17-38-40(30)43(35)36-15-8-9-16-37(36)45-38/h5-10,12-25H,3-4,11H2,1-2H3. The maximum absolute atomic E-state index is 6.34. The third kappa shape index (κ3) is 3.85. The molecule has 4 heteroatoms. The van der Waals surface area contributed by atoms with Crippen LogP contribution in [0.15, 0.2) is 121 Å². The fraction of sp³-hybridized carbons (Fsp3) is 0.122. The van der Waals surface area contributed by atoms with Crippen molar-refractivity contribution >= 4 is 43.6 Å². The highest BCUT2D eigenvalue weighted by molar-refractivity contribution is 6.15. The number of hydrogen-bond acceptors (Lipinski definition) is 2. The lowest BCUT2D eigenvalue weighted by Gasteiger charge is -2.20. The van der Waals surface area contributed by atoms with E-state index >= 15 is 0 Å². The molecule has 0 spiro atoms. The van der Waals surface area contributed by atoms with Gasteiger partial charge in [-0.1, -0.05) is 67.9 Å². The Kier molecular flexibility index (Phi) is 5.79. The Bertz CT molecular complexity index is 2430. The van der Waals surface area contributed by atoms with Gasteiger partial charge in [0.2, 0.25) is 0 Å². The van der Waals surface area contributed by atoms with E-state index in [1.54, 1.807) is 7.11 Å². The first-order valence-electron chi connectivity index (χ1n) is 15.8. The van der Waals surface area contributed by atoms with Gasteiger partial charge in [-0.25, -0.2) is 0 Å². The summed E-state index contributed by atoms with van der Waals surface area (Å²) < 4.78 is 17.1. The Morgan fingerprint density at radius 3 is 2.09 bits per heavy atom. The summed E-state index contributed by atoms with van der Waals surface area (Å²) in [5, 5.41) is 4.88. The average Bonchev–Trinajstić information content (AvgIpc) is 3.61. The molecule has 0 unspecified atom stereocenters. The first kappa shape index (κ1) is 26.0. The van der Waals surface area contributed by atoms with Crippen molar-refractivity contribution in [3.05, 3.63) is 127 Å². The van der Waals surface area contributed by atoms with E-state index in [0.29, 0.717) is 0 Å². The minimum Gasteiger partial charge on any atom is -0.495 e. The number of benzene rings is 6. The topological polar surface area (TPSA) is 28.3 Å². The summed E-state index contributed by atoms with van der Waals surface area (Å²) in [6.07, 6.45) is 3.35. The Labute approximate surface area is 261 Å². The van der Waals surface area contributed by atoms with E-state index in [4.69, 9.17) is 9.47 Å². The lowest BCUT2D eigenvalue weighted by Crippen LogP contribution is -2.03. The Morgan fingerprint density at radius 2 is 1.31 bits per heavy atom. The number of methoxy groups -OCH3 is 1. The largest absolute Gasteiger partial charge is 0.495 e. The number of fused-ring (bicyclic) bond motifs is 8. The maximum Gasteiger partial charge on any atom is 0.152 e. The summed E-state index contributed by atoms with van der Waals surface area (Å²) in [6, 6.07) is 43.6. The molecule has 0 amide bonds. The highest BCUT2D eigenvalue weighted by atomic mass is 16.5. The minimum atomic E-state index is 0.882. The second-order valence-electron chi connectivity index (χ2n) is 12.0. The van der Waals surface area contributed by atoms with Crippen LogP contribution in [0.1, 0.15) is 25.3 Å². The van der Waals surface area contributed by atoms with E-state index in [1.165, 1.54) is 49.3 Å². The number of unbranched alkanes of at least 4 members (excludes halogenated alkanes) is 1. The molecule has 0 radical (unpaired) electrons. The summed E-state index contributed by atoms with van der Waals surface area (Å²) in [5.41, 5.74) is 10.5. The third-order valence-electron chi connectivity index (χ3n) is 9.35. The molecule has 8 aromatic rings. The Balaban J connectivity index is 1.29. The first-order chi connectivity index (χ1) is 22.2. The molecule has 0 saturated carbocycles. The molecule has 1 aliphatic rings. The number of para-hydroxylation sites is 4. The molecule has 9 rings (SSSR count). The van der Waals surface area contributed by atoms with Crippen LogP contribution < -0.4 is 9.47 Å². The maximum atomic E-state index is 6.34. The van der Waals surface area contributed by atoms with Crippen molar-refractivity contribution in [2.24, 2.45) is 0 Å². The van der Waals surface area contributed by atoms with Gasteiger partial charge in [-0.3, -0.25) is 0 Å². The first-order valence-corrected chi connectivity index (χ1v) is 15.8. The van der Waals surface area contributed by atoms with Crippen molar-refractivity contribution in [3.63, 3.8) is 0 Å². The molecule has 2 aromatic heterocycles. The fourth-order valence-corrected chi connectivity index (χ4v) is 7.27. The highest BCUT2D eigenvalue weighted by Crippen LogP contribution is 2.46. The molecule has 3 heterocycles. The van der Waals surface area contributed by atoms with Crippen LogP contribution in [0.5, 0.6) is 17.2 Å². The van der Waals surface area contributed by atoms with Crippen LogP contribution >= 0.6 is 0 Å². The van der Waals surface area contributed by atoms with Crippen molar-refractivity contribution in [2.75, 3.05) is 7.11 Å². The molecule has 1 aliphatic heterocycles. The lowest BCUT2D eigenvalue weighted by atomic mass is 9.99. The summed E-state index contributed by atoms with van der Waals surface area (Å²) in [4.78, 5) is 0. The van der Waals surface area contributed by atoms with Gasteiger partial charge in [0.15, 0.2) is 11.5 Å². The monoisotopic (exact) mass is 584 g/mol. The minimum absolute atomic E-state index is 0.882. The molecular weight excluding hydrogens is 552 g/mol. The zero-order valence-electron chi connectivity index (χ0n) is 25.4. The van der Waals surface area contributed by atoms with E-state index in [0.717, 1.165) is 58.9 Å². The van der Waals surface area contributed by atoms with Crippen molar-refractivity contribution in [2.45, 2.75) is 26.2 Å². The third-order valence-corrected chi connectivity index (χ3v) is 9.35. The highest BCUT2D eigenvalue weighted by Gasteiger charge is 2.24. The molecule has 0 N–H and O–H groups in total. The number of nitrogens with zero attached hydrogens (tertiary/aromatic N) is 2. The average molecular weight is 585 g/mol. The van der Waals surface area contributed by atoms with Gasteiger partial charge in [-0.2, -0.15) is 0 Å².